The van der Waals surface area contributed by atoms with Gasteiger partial charge in [-0.1, -0.05) is 0 Å². The Hall–Kier alpha value is -0.350. The van der Waals surface area contributed by atoms with Crippen LogP contribution in [0.2, 0.25) is 0 Å². The Labute approximate surface area is 95.1 Å². The minimum absolute atomic E-state index is 0.101. The molecule has 1 aliphatic carbocycles. The lowest BCUT2D eigenvalue weighted by atomic mass is 9.72. The molecule has 0 aliphatic heterocycles. The lowest BCUT2D eigenvalue weighted by Crippen LogP contribution is -2.33. The van der Waals surface area contributed by atoms with Gasteiger partial charge in [0.05, 0.1) is 9.70 Å². The molecule has 2 atom stereocenters. The molecular weight excluding hydrogens is 264 g/mol. The van der Waals surface area contributed by atoms with E-state index in [1.165, 1.54) is 4.88 Å². The van der Waals surface area contributed by atoms with Crippen LogP contribution in [0.15, 0.2) is 15.9 Å². The molecule has 2 nitrogen and oxygen atoms in total. The zero-order chi connectivity index (χ0) is 10.1. The number of carbonyl (C=O) groups is 1. The summed E-state index contributed by atoms with van der Waals surface area (Å²) in [5.41, 5.74) is 0. The standard InChI is InChI=1S/C10H11BrO2S/c11-9-4-2-7(14-9)5-6-1-3-8(6)10(12)13/h2,4,6,8H,1,3,5H2,(H,12,13). The van der Waals surface area contributed by atoms with Gasteiger partial charge in [0.25, 0.3) is 0 Å². The van der Waals surface area contributed by atoms with Crippen LogP contribution in [0, 0.1) is 11.8 Å². The molecule has 0 bridgehead atoms. The highest BCUT2D eigenvalue weighted by atomic mass is 79.9. The third-order valence-electron chi connectivity index (χ3n) is 2.83. The largest absolute Gasteiger partial charge is 0.481 e. The van der Waals surface area contributed by atoms with Crippen molar-refractivity contribution in [1.29, 1.82) is 0 Å². The summed E-state index contributed by atoms with van der Waals surface area (Å²) in [6, 6.07) is 4.10. The van der Waals surface area contributed by atoms with Gasteiger partial charge in [-0.25, -0.2) is 0 Å². The lowest BCUT2D eigenvalue weighted by Gasteiger charge is -2.32. The molecule has 1 fully saturated rings. The van der Waals surface area contributed by atoms with Crippen molar-refractivity contribution in [2.75, 3.05) is 0 Å². The number of aliphatic carboxylic acids is 1. The second-order valence-corrected chi connectivity index (χ2v) is 6.24. The van der Waals surface area contributed by atoms with E-state index in [-0.39, 0.29) is 5.92 Å². The van der Waals surface area contributed by atoms with Crippen LogP contribution >= 0.6 is 27.3 Å². The molecule has 0 saturated heterocycles. The molecule has 0 aromatic carbocycles. The number of rotatable bonds is 3. The van der Waals surface area contributed by atoms with Crippen LogP contribution in [-0.2, 0) is 11.2 Å². The topological polar surface area (TPSA) is 37.3 Å². The minimum atomic E-state index is -0.628. The Bertz CT molecular complexity index is 348. The number of thiophene rings is 1. The SMILES string of the molecule is O=C(O)C1CCC1Cc1ccc(Br)s1. The van der Waals surface area contributed by atoms with Crippen molar-refractivity contribution < 1.29 is 9.90 Å². The van der Waals surface area contributed by atoms with E-state index in [9.17, 15) is 4.79 Å². The van der Waals surface area contributed by atoms with Crippen molar-refractivity contribution in [2.45, 2.75) is 19.3 Å². The number of carboxylic acids is 1. The molecule has 1 aromatic rings. The highest BCUT2D eigenvalue weighted by Crippen LogP contribution is 2.38. The molecule has 76 valence electrons. The van der Waals surface area contributed by atoms with Crippen LogP contribution in [-0.4, -0.2) is 11.1 Å². The van der Waals surface area contributed by atoms with Gasteiger partial charge >= 0.3 is 5.97 Å². The van der Waals surface area contributed by atoms with E-state index >= 15 is 0 Å². The predicted molar refractivity (Wildman–Crippen MR) is 59.6 cm³/mol. The second-order valence-electron chi connectivity index (χ2n) is 3.69. The fourth-order valence-corrected chi connectivity index (χ4v) is 3.43. The minimum Gasteiger partial charge on any atom is -0.481 e. The summed E-state index contributed by atoms with van der Waals surface area (Å²) in [4.78, 5) is 12.1. The third-order valence-corrected chi connectivity index (χ3v) is 4.47. The van der Waals surface area contributed by atoms with E-state index in [1.54, 1.807) is 11.3 Å². The van der Waals surface area contributed by atoms with E-state index in [1.807, 2.05) is 6.07 Å². The highest BCUT2D eigenvalue weighted by molar-refractivity contribution is 9.11. The zero-order valence-corrected chi connectivity index (χ0v) is 9.97. The Kier molecular flexibility index (Phi) is 2.93. The van der Waals surface area contributed by atoms with Crippen LogP contribution in [0.25, 0.3) is 0 Å². The predicted octanol–water partition coefficient (Wildman–Crippen LogP) is 3.16. The van der Waals surface area contributed by atoms with Gasteiger partial charge in [0.1, 0.15) is 0 Å². The number of halogens is 1. The third kappa shape index (κ3) is 2.01. The summed E-state index contributed by atoms with van der Waals surface area (Å²) < 4.78 is 1.12. The summed E-state index contributed by atoms with van der Waals surface area (Å²) >= 11 is 5.11. The first kappa shape index (κ1) is 10.2. The zero-order valence-electron chi connectivity index (χ0n) is 7.57. The van der Waals surface area contributed by atoms with Gasteiger partial charge in [-0.15, -0.1) is 11.3 Å². The van der Waals surface area contributed by atoms with E-state index in [2.05, 4.69) is 22.0 Å². The quantitative estimate of drug-likeness (QED) is 0.920. The van der Waals surface area contributed by atoms with Gasteiger partial charge in [-0.3, -0.25) is 4.79 Å². The normalized spacial score (nSPS) is 25.8. The Morgan fingerprint density at radius 3 is 2.79 bits per heavy atom. The van der Waals surface area contributed by atoms with Gasteiger partial charge in [0.2, 0.25) is 0 Å². The van der Waals surface area contributed by atoms with Crippen LogP contribution in [0.3, 0.4) is 0 Å². The molecule has 1 aromatic heterocycles. The highest BCUT2D eigenvalue weighted by Gasteiger charge is 2.36. The van der Waals surface area contributed by atoms with Crippen molar-refractivity contribution in [2.24, 2.45) is 11.8 Å². The van der Waals surface area contributed by atoms with Crippen molar-refractivity contribution in [3.8, 4) is 0 Å². The van der Waals surface area contributed by atoms with Gasteiger partial charge in [0.15, 0.2) is 0 Å². The Balaban J connectivity index is 1.95. The monoisotopic (exact) mass is 274 g/mol. The van der Waals surface area contributed by atoms with Crippen molar-refractivity contribution in [3.05, 3.63) is 20.8 Å². The Morgan fingerprint density at radius 2 is 2.36 bits per heavy atom. The summed E-state index contributed by atoms with van der Waals surface area (Å²) in [5, 5.41) is 8.88. The molecular formula is C10H11BrO2S. The second kappa shape index (κ2) is 4.03. The summed E-state index contributed by atoms with van der Waals surface area (Å²) in [7, 11) is 0. The van der Waals surface area contributed by atoms with E-state index in [0.717, 1.165) is 23.0 Å². The first-order valence-electron chi connectivity index (χ1n) is 4.64. The number of hydrogen-bond donors (Lipinski definition) is 1. The van der Waals surface area contributed by atoms with E-state index in [4.69, 9.17) is 5.11 Å². The summed E-state index contributed by atoms with van der Waals surface area (Å²) in [5.74, 6) is -0.370. The van der Waals surface area contributed by atoms with Crippen LogP contribution in [0.4, 0.5) is 0 Å². The van der Waals surface area contributed by atoms with Gasteiger partial charge < -0.3 is 5.11 Å². The molecule has 1 saturated carbocycles. The molecule has 2 unspecified atom stereocenters. The molecule has 0 amide bonds. The molecule has 0 radical (unpaired) electrons. The fraction of sp³-hybridized carbons (Fsp3) is 0.500. The maximum absolute atomic E-state index is 10.8. The molecule has 14 heavy (non-hydrogen) atoms. The average molecular weight is 275 g/mol. The first-order chi connectivity index (χ1) is 6.66. The smallest absolute Gasteiger partial charge is 0.306 e. The number of carboxylic acid groups (broad SMARTS) is 1. The summed E-state index contributed by atoms with van der Waals surface area (Å²) in [6.45, 7) is 0. The summed E-state index contributed by atoms with van der Waals surface area (Å²) in [6.07, 6.45) is 2.84. The van der Waals surface area contributed by atoms with Crippen LogP contribution in [0.5, 0.6) is 0 Å². The maximum Gasteiger partial charge on any atom is 0.306 e. The molecule has 2 rings (SSSR count). The molecule has 4 heteroatoms. The average Bonchev–Trinajstić information content (AvgIpc) is 2.44. The molecule has 1 N–H and O–H groups in total. The molecule has 1 heterocycles. The molecule has 1 aliphatic rings. The van der Waals surface area contributed by atoms with Gasteiger partial charge in [0, 0.05) is 4.88 Å². The van der Waals surface area contributed by atoms with Crippen LogP contribution in [0.1, 0.15) is 17.7 Å². The fourth-order valence-electron chi connectivity index (χ4n) is 1.86. The van der Waals surface area contributed by atoms with E-state index in [0.29, 0.717) is 5.92 Å². The maximum atomic E-state index is 10.8. The van der Waals surface area contributed by atoms with Gasteiger partial charge in [-0.05, 0) is 53.2 Å². The lowest BCUT2D eigenvalue weighted by molar-refractivity contribution is -0.147. The van der Waals surface area contributed by atoms with Crippen molar-refractivity contribution in [3.63, 3.8) is 0 Å². The van der Waals surface area contributed by atoms with Gasteiger partial charge in [-0.2, -0.15) is 0 Å². The molecule has 0 spiro atoms. The Morgan fingerprint density at radius 1 is 1.57 bits per heavy atom. The van der Waals surface area contributed by atoms with Crippen LogP contribution < -0.4 is 0 Å². The number of hydrogen-bond acceptors (Lipinski definition) is 2. The van der Waals surface area contributed by atoms with Crippen molar-refractivity contribution in [1.82, 2.24) is 0 Å². The van der Waals surface area contributed by atoms with E-state index < -0.39 is 5.97 Å². The van der Waals surface area contributed by atoms with Crippen molar-refractivity contribution >= 4 is 33.2 Å². The first-order valence-corrected chi connectivity index (χ1v) is 6.25.